The highest BCUT2D eigenvalue weighted by atomic mass is 16.5. The fourth-order valence-corrected chi connectivity index (χ4v) is 1.30. The third-order valence-corrected chi connectivity index (χ3v) is 2.02. The van der Waals surface area contributed by atoms with E-state index in [2.05, 4.69) is 26.0 Å². The van der Waals surface area contributed by atoms with Crippen molar-refractivity contribution in [2.75, 3.05) is 6.61 Å². The van der Waals surface area contributed by atoms with Crippen molar-refractivity contribution in [3.63, 3.8) is 0 Å². The van der Waals surface area contributed by atoms with Gasteiger partial charge in [0.15, 0.2) is 0 Å². The first-order chi connectivity index (χ1) is 5.25. The van der Waals surface area contributed by atoms with E-state index in [0.29, 0.717) is 5.92 Å². The zero-order valence-electron chi connectivity index (χ0n) is 7.55. The summed E-state index contributed by atoms with van der Waals surface area (Å²) < 4.78 is 5.40. The van der Waals surface area contributed by atoms with Crippen molar-refractivity contribution in [3.05, 3.63) is 23.5 Å². The Morgan fingerprint density at radius 3 is 2.82 bits per heavy atom. The predicted molar refractivity (Wildman–Crippen MR) is 47.2 cm³/mol. The molecule has 1 rings (SSSR count). The molecule has 11 heavy (non-hydrogen) atoms. The molecule has 0 spiro atoms. The second-order valence-corrected chi connectivity index (χ2v) is 3.03. The van der Waals surface area contributed by atoms with Gasteiger partial charge in [0.25, 0.3) is 0 Å². The summed E-state index contributed by atoms with van der Waals surface area (Å²) in [5, 5.41) is 0. The van der Waals surface area contributed by atoms with Crippen LogP contribution in [0.2, 0.25) is 0 Å². The predicted octanol–water partition coefficient (Wildman–Crippen LogP) is 2.89. The summed E-state index contributed by atoms with van der Waals surface area (Å²) in [6, 6.07) is 0. The molecule has 0 aromatic rings. The lowest BCUT2D eigenvalue weighted by atomic mass is 10.0. The summed E-state index contributed by atoms with van der Waals surface area (Å²) in [4.78, 5) is 0. The Balaban J connectivity index is 2.67. The third-order valence-electron chi connectivity index (χ3n) is 2.02. The van der Waals surface area contributed by atoms with Crippen LogP contribution in [0, 0.1) is 5.92 Å². The molecule has 0 aromatic heterocycles. The van der Waals surface area contributed by atoms with Crippen LogP contribution in [0.4, 0.5) is 0 Å². The van der Waals surface area contributed by atoms with Gasteiger partial charge in [0, 0.05) is 5.92 Å². The van der Waals surface area contributed by atoms with Crippen molar-refractivity contribution in [3.8, 4) is 0 Å². The Kier molecular flexibility index (Phi) is 2.75. The summed E-state index contributed by atoms with van der Waals surface area (Å²) in [6.45, 7) is 7.24. The minimum atomic E-state index is 0.581. The van der Waals surface area contributed by atoms with Crippen molar-refractivity contribution >= 4 is 0 Å². The van der Waals surface area contributed by atoms with Crippen LogP contribution in [0.5, 0.6) is 0 Å². The van der Waals surface area contributed by atoms with Crippen molar-refractivity contribution in [2.24, 2.45) is 5.92 Å². The van der Waals surface area contributed by atoms with E-state index in [-0.39, 0.29) is 0 Å². The van der Waals surface area contributed by atoms with E-state index in [0.717, 1.165) is 18.8 Å². The van der Waals surface area contributed by atoms with Crippen molar-refractivity contribution in [1.82, 2.24) is 0 Å². The van der Waals surface area contributed by atoms with Crippen LogP contribution in [0.15, 0.2) is 23.5 Å². The first kappa shape index (κ1) is 8.38. The van der Waals surface area contributed by atoms with Crippen LogP contribution in [0.1, 0.15) is 27.2 Å². The molecule has 0 aromatic carbocycles. The fraction of sp³-hybridized carbons (Fsp3) is 0.600. The lowest BCUT2D eigenvalue weighted by Crippen LogP contribution is -1.95. The maximum absolute atomic E-state index is 5.40. The smallest absolute Gasteiger partial charge is 0.0964 e. The molecule has 1 heteroatoms. The largest absolute Gasteiger partial charge is 0.497 e. The summed E-state index contributed by atoms with van der Waals surface area (Å²) in [6.07, 6.45) is 5.47. The highest BCUT2D eigenvalue weighted by molar-refractivity contribution is 5.26. The molecular formula is C10H16O. The van der Waals surface area contributed by atoms with Crippen LogP contribution >= 0.6 is 0 Å². The maximum atomic E-state index is 5.40. The van der Waals surface area contributed by atoms with E-state index in [1.807, 2.05) is 6.92 Å². The van der Waals surface area contributed by atoms with Gasteiger partial charge in [-0.1, -0.05) is 26.0 Å². The molecular weight excluding hydrogens is 136 g/mol. The molecule has 1 nitrogen and oxygen atoms in total. The first-order valence-corrected chi connectivity index (χ1v) is 4.25. The SMILES string of the molecule is CC/C=C\C1=C(C)OCC1C. The summed E-state index contributed by atoms with van der Waals surface area (Å²) in [5.41, 5.74) is 1.37. The van der Waals surface area contributed by atoms with Crippen molar-refractivity contribution < 1.29 is 4.74 Å². The molecule has 0 N–H and O–H groups in total. The van der Waals surface area contributed by atoms with Crippen molar-refractivity contribution in [1.29, 1.82) is 0 Å². The van der Waals surface area contributed by atoms with E-state index in [9.17, 15) is 0 Å². The van der Waals surface area contributed by atoms with Gasteiger partial charge in [-0.3, -0.25) is 0 Å². The van der Waals surface area contributed by atoms with Gasteiger partial charge in [0.05, 0.1) is 12.4 Å². The minimum Gasteiger partial charge on any atom is -0.497 e. The highest BCUT2D eigenvalue weighted by Gasteiger charge is 2.17. The number of ether oxygens (including phenoxy) is 1. The van der Waals surface area contributed by atoms with Crippen molar-refractivity contribution in [2.45, 2.75) is 27.2 Å². The second-order valence-electron chi connectivity index (χ2n) is 3.03. The van der Waals surface area contributed by atoms with Crippen LogP contribution in [0.3, 0.4) is 0 Å². The standard InChI is InChI=1S/C10H16O/c1-4-5-6-10-8(2)7-11-9(10)3/h5-6,8H,4,7H2,1-3H3/b6-5-. The van der Waals surface area contributed by atoms with E-state index < -0.39 is 0 Å². The van der Waals surface area contributed by atoms with Gasteiger partial charge < -0.3 is 4.74 Å². The Bertz CT molecular complexity index is 189. The summed E-state index contributed by atoms with van der Waals surface area (Å²) in [7, 11) is 0. The molecule has 62 valence electrons. The number of rotatable bonds is 2. The molecule has 0 saturated heterocycles. The number of hydrogen-bond donors (Lipinski definition) is 0. The first-order valence-electron chi connectivity index (χ1n) is 4.25. The molecule has 1 atom stereocenters. The Morgan fingerprint density at radius 1 is 1.64 bits per heavy atom. The zero-order valence-corrected chi connectivity index (χ0v) is 7.55. The van der Waals surface area contributed by atoms with Gasteiger partial charge in [-0.2, -0.15) is 0 Å². The third kappa shape index (κ3) is 1.86. The summed E-state index contributed by atoms with van der Waals surface area (Å²) in [5.74, 6) is 1.68. The van der Waals surface area contributed by atoms with Crippen LogP contribution < -0.4 is 0 Å². The van der Waals surface area contributed by atoms with Gasteiger partial charge in [0.1, 0.15) is 0 Å². The van der Waals surface area contributed by atoms with Gasteiger partial charge >= 0.3 is 0 Å². The molecule has 0 radical (unpaired) electrons. The van der Waals surface area contributed by atoms with E-state index in [4.69, 9.17) is 4.74 Å². The Labute approximate surface area is 68.8 Å². The summed E-state index contributed by atoms with van der Waals surface area (Å²) >= 11 is 0. The lowest BCUT2D eigenvalue weighted by molar-refractivity contribution is 0.225. The molecule has 1 unspecified atom stereocenters. The van der Waals surface area contributed by atoms with E-state index >= 15 is 0 Å². The quantitative estimate of drug-likeness (QED) is 0.591. The molecule has 0 aliphatic carbocycles. The van der Waals surface area contributed by atoms with Crippen LogP contribution in [-0.4, -0.2) is 6.61 Å². The maximum Gasteiger partial charge on any atom is 0.0964 e. The molecule has 0 saturated carbocycles. The van der Waals surface area contributed by atoms with Gasteiger partial charge in [-0.05, 0) is 18.9 Å². The molecule has 0 fully saturated rings. The normalized spacial score (nSPS) is 24.8. The molecule has 1 aliphatic rings. The highest BCUT2D eigenvalue weighted by Crippen LogP contribution is 2.25. The topological polar surface area (TPSA) is 9.23 Å². The second kappa shape index (κ2) is 3.61. The number of hydrogen-bond acceptors (Lipinski definition) is 1. The average molecular weight is 152 g/mol. The zero-order chi connectivity index (χ0) is 8.27. The lowest BCUT2D eigenvalue weighted by Gasteiger charge is -1.98. The molecule has 1 heterocycles. The van der Waals surface area contributed by atoms with E-state index in [1.165, 1.54) is 5.57 Å². The van der Waals surface area contributed by atoms with Gasteiger partial charge in [0.2, 0.25) is 0 Å². The Morgan fingerprint density at radius 2 is 2.36 bits per heavy atom. The monoisotopic (exact) mass is 152 g/mol. The van der Waals surface area contributed by atoms with Gasteiger partial charge in [-0.15, -0.1) is 0 Å². The Hall–Kier alpha value is -0.720. The van der Waals surface area contributed by atoms with E-state index in [1.54, 1.807) is 0 Å². The molecule has 0 amide bonds. The average Bonchev–Trinajstić information content (AvgIpc) is 2.29. The number of allylic oxidation sites excluding steroid dienone is 3. The van der Waals surface area contributed by atoms with Crippen LogP contribution in [0.25, 0.3) is 0 Å². The minimum absolute atomic E-state index is 0.581. The molecule has 1 aliphatic heterocycles. The van der Waals surface area contributed by atoms with Crippen LogP contribution in [-0.2, 0) is 4.74 Å². The fourth-order valence-electron chi connectivity index (χ4n) is 1.30. The molecule has 0 bridgehead atoms. The van der Waals surface area contributed by atoms with Gasteiger partial charge in [-0.25, -0.2) is 0 Å².